The van der Waals surface area contributed by atoms with Gasteiger partial charge in [0.05, 0.1) is 0 Å². The molecule has 138 valence electrons. The number of Topliss-reactive ketones (excluding diaryl/α,β-unsaturated/α-hetero) is 1. The van der Waals surface area contributed by atoms with Crippen LogP contribution in [0, 0.1) is 6.92 Å². The van der Waals surface area contributed by atoms with Gasteiger partial charge in [0.2, 0.25) is 0 Å². The van der Waals surface area contributed by atoms with E-state index in [1.54, 1.807) is 24.3 Å². The zero-order valence-electron chi connectivity index (χ0n) is 16.0. The minimum Gasteiger partial charge on any atom is -0.451 e. The van der Waals surface area contributed by atoms with E-state index in [-0.39, 0.29) is 17.5 Å². The summed E-state index contributed by atoms with van der Waals surface area (Å²) in [5.41, 5.74) is 4.40. The lowest BCUT2D eigenvalue weighted by Crippen LogP contribution is -2.14. The molecule has 27 heavy (non-hydrogen) atoms. The van der Waals surface area contributed by atoms with Crippen LogP contribution in [0.1, 0.15) is 58.7 Å². The fourth-order valence-electron chi connectivity index (χ4n) is 3.00. The highest BCUT2D eigenvalue weighted by Crippen LogP contribution is 2.29. The first-order chi connectivity index (χ1) is 12.9. The van der Waals surface area contributed by atoms with Gasteiger partial charge in [-0.25, -0.2) is 0 Å². The molecule has 0 bridgehead atoms. The summed E-state index contributed by atoms with van der Waals surface area (Å²) in [4.78, 5) is 24.1. The molecule has 0 atom stereocenters. The first-order valence-electron chi connectivity index (χ1n) is 8.99. The fraction of sp³-hybridized carbons (Fsp3) is 0.217. The highest BCUT2D eigenvalue weighted by molar-refractivity contribution is 6.03. The van der Waals surface area contributed by atoms with Crippen LogP contribution in [0.25, 0.3) is 11.3 Å². The quantitative estimate of drug-likeness (QED) is 0.581. The second kappa shape index (κ2) is 7.62. The average molecular weight is 361 g/mol. The highest BCUT2D eigenvalue weighted by atomic mass is 16.3. The number of rotatable bonds is 5. The van der Waals surface area contributed by atoms with Gasteiger partial charge in [-0.3, -0.25) is 9.59 Å². The summed E-state index contributed by atoms with van der Waals surface area (Å²) in [7, 11) is 0. The molecule has 3 rings (SSSR count). The molecule has 1 amide bonds. The first kappa shape index (κ1) is 18.6. The van der Waals surface area contributed by atoms with E-state index in [2.05, 4.69) is 19.2 Å². The molecule has 1 N–H and O–H groups in total. The van der Waals surface area contributed by atoms with Gasteiger partial charge in [0.1, 0.15) is 5.76 Å². The molecule has 4 nitrogen and oxygen atoms in total. The Morgan fingerprint density at radius 3 is 2.30 bits per heavy atom. The van der Waals surface area contributed by atoms with Crippen molar-refractivity contribution in [2.75, 3.05) is 5.32 Å². The lowest BCUT2D eigenvalue weighted by molar-refractivity contribution is 0.0994. The van der Waals surface area contributed by atoms with Crippen LogP contribution in [-0.4, -0.2) is 11.7 Å². The van der Waals surface area contributed by atoms with Crippen molar-refractivity contribution in [3.05, 3.63) is 77.0 Å². The molecule has 0 saturated carbocycles. The molecule has 0 aliphatic carbocycles. The summed E-state index contributed by atoms with van der Waals surface area (Å²) in [5, 5.41) is 2.99. The number of benzene rings is 2. The normalized spacial score (nSPS) is 10.9. The van der Waals surface area contributed by atoms with Crippen LogP contribution in [0.4, 0.5) is 5.69 Å². The topological polar surface area (TPSA) is 59.3 Å². The van der Waals surface area contributed by atoms with Crippen LogP contribution >= 0.6 is 0 Å². The zero-order chi connectivity index (χ0) is 19.6. The van der Waals surface area contributed by atoms with Crippen molar-refractivity contribution in [1.82, 2.24) is 0 Å². The van der Waals surface area contributed by atoms with Gasteiger partial charge in [0, 0.05) is 16.8 Å². The molecule has 0 spiro atoms. The van der Waals surface area contributed by atoms with Crippen molar-refractivity contribution in [2.45, 2.75) is 33.6 Å². The van der Waals surface area contributed by atoms with Gasteiger partial charge in [-0.2, -0.15) is 0 Å². The number of anilines is 1. The van der Waals surface area contributed by atoms with Crippen LogP contribution in [0.3, 0.4) is 0 Å². The van der Waals surface area contributed by atoms with Crippen molar-refractivity contribution in [3.63, 3.8) is 0 Å². The maximum Gasteiger partial charge on any atom is 0.291 e. The van der Waals surface area contributed by atoms with Gasteiger partial charge in [-0.15, -0.1) is 0 Å². The minimum atomic E-state index is -0.280. The zero-order valence-corrected chi connectivity index (χ0v) is 16.0. The number of aryl methyl sites for hydroxylation is 1. The lowest BCUT2D eigenvalue weighted by Gasteiger charge is -2.15. The van der Waals surface area contributed by atoms with Gasteiger partial charge >= 0.3 is 0 Å². The van der Waals surface area contributed by atoms with E-state index in [1.165, 1.54) is 6.92 Å². The van der Waals surface area contributed by atoms with Gasteiger partial charge in [0.25, 0.3) is 5.91 Å². The number of furan rings is 1. The standard InChI is InChI=1S/C23H23NO3/c1-14(2)19-7-5-6-15(3)22(19)24-23(26)21-13-12-20(27-21)18-10-8-17(9-11-18)16(4)25/h5-14H,1-4H3,(H,24,26). The van der Waals surface area contributed by atoms with E-state index in [4.69, 9.17) is 4.42 Å². The predicted molar refractivity (Wildman–Crippen MR) is 107 cm³/mol. The van der Waals surface area contributed by atoms with Crippen molar-refractivity contribution in [3.8, 4) is 11.3 Å². The predicted octanol–water partition coefficient (Wildman–Crippen LogP) is 5.83. The number of hydrogen-bond acceptors (Lipinski definition) is 3. The Kier molecular flexibility index (Phi) is 5.26. The number of carbonyl (C=O) groups is 2. The van der Waals surface area contributed by atoms with Crippen LogP contribution in [-0.2, 0) is 0 Å². The number of ketones is 1. The number of hydrogen-bond donors (Lipinski definition) is 1. The van der Waals surface area contributed by atoms with E-state index in [0.29, 0.717) is 17.2 Å². The Bertz CT molecular complexity index is 981. The van der Waals surface area contributed by atoms with Crippen LogP contribution in [0.2, 0.25) is 0 Å². The monoisotopic (exact) mass is 361 g/mol. The molecule has 0 unspecified atom stereocenters. The molecule has 2 aromatic carbocycles. The number of para-hydroxylation sites is 1. The summed E-state index contributed by atoms with van der Waals surface area (Å²) in [6.07, 6.45) is 0. The first-order valence-corrected chi connectivity index (χ1v) is 8.99. The molecule has 3 aromatic rings. The molecule has 0 aliphatic heterocycles. The Hall–Kier alpha value is -3.14. The van der Waals surface area contributed by atoms with Gasteiger partial charge in [0.15, 0.2) is 11.5 Å². The molecular weight excluding hydrogens is 338 g/mol. The molecule has 0 radical (unpaired) electrons. The summed E-state index contributed by atoms with van der Waals surface area (Å²) in [6, 6.07) is 16.6. The third-order valence-electron chi connectivity index (χ3n) is 4.57. The minimum absolute atomic E-state index is 0.0141. The third-order valence-corrected chi connectivity index (χ3v) is 4.57. The van der Waals surface area contributed by atoms with Gasteiger partial charge in [-0.1, -0.05) is 56.3 Å². The molecule has 4 heteroatoms. The lowest BCUT2D eigenvalue weighted by atomic mass is 9.98. The van der Waals surface area contributed by atoms with E-state index in [1.807, 2.05) is 37.3 Å². The van der Waals surface area contributed by atoms with E-state index in [0.717, 1.165) is 22.4 Å². The van der Waals surface area contributed by atoms with Crippen LogP contribution in [0.5, 0.6) is 0 Å². The van der Waals surface area contributed by atoms with Crippen molar-refractivity contribution in [1.29, 1.82) is 0 Å². The van der Waals surface area contributed by atoms with E-state index >= 15 is 0 Å². The maximum atomic E-state index is 12.7. The van der Waals surface area contributed by atoms with Gasteiger partial charge < -0.3 is 9.73 Å². The Morgan fingerprint density at radius 2 is 1.67 bits per heavy atom. The summed E-state index contributed by atoms with van der Waals surface area (Å²) >= 11 is 0. The summed E-state index contributed by atoms with van der Waals surface area (Å²) in [6.45, 7) is 7.70. The van der Waals surface area contributed by atoms with Gasteiger partial charge in [-0.05, 0) is 43.0 Å². The van der Waals surface area contributed by atoms with E-state index in [9.17, 15) is 9.59 Å². The highest BCUT2D eigenvalue weighted by Gasteiger charge is 2.16. The van der Waals surface area contributed by atoms with Crippen molar-refractivity contribution < 1.29 is 14.0 Å². The Labute approximate surface area is 159 Å². The number of carbonyl (C=O) groups excluding carboxylic acids is 2. The van der Waals surface area contributed by atoms with Crippen LogP contribution < -0.4 is 5.32 Å². The number of amides is 1. The molecule has 0 saturated heterocycles. The number of nitrogens with one attached hydrogen (secondary N) is 1. The molecular formula is C23H23NO3. The molecule has 1 aromatic heterocycles. The van der Waals surface area contributed by atoms with Crippen molar-refractivity contribution >= 4 is 17.4 Å². The van der Waals surface area contributed by atoms with Crippen LogP contribution in [0.15, 0.2) is 59.0 Å². The second-order valence-electron chi connectivity index (χ2n) is 6.95. The molecule has 0 aliphatic rings. The molecule has 1 heterocycles. The Balaban J connectivity index is 1.83. The maximum absolute atomic E-state index is 12.7. The Morgan fingerprint density at radius 1 is 0.963 bits per heavy atom. The smallest absolute Gasteiger partial charge is 0.291 e. The largest absolute Gasteiger partial charge is 0.451 e. The second-order valence-corrected chi connectivity index (χ2v) is 6.95. The van der Waals surface area contributed by atoms with Crippen molar-refractivity contribution in [2.24, 2.45) is 0 Å². The summed E-state index contributed by atoms with van der Waals surface area (Å²) < 4.78 is 5.75. The third kappa shape index (κ3) is 4.00. The fourth-order valence-corrected chi connectivity index (χ4v) is 3.00. The molecule has 0 fully saturated rings. The average Bonchev–Trinajstić information content (AvgIpc) is 3.13. The van der Waals surface area contributed by atoms with E-state index < -0.39 is 0 Å². The summed E-state index contributed by atoms with van der Waals surface area (Å²) in [5.74, 6) is 0.868. The SMILES string of the molecule is CC(=O)c1ccc(-c2ccc(C(=O)Nc3c(C)cccc3C(C)C)o2)cc1.